The van der Waals surface area contributed by atoms with Crippen molar-refractivity contribution in [3.8, 4) is 0 Å². The maximum absolute atomic E-state index is 5.83. The van der Waals surface area contributed by atoms with E-state index in [-0.39, 0.29) is 6.17 Å². The maximum atomic E-state index is 5.83. The molecule has 0 aromatic heterocycles. The van der Waals surface area contributed by atoms with E-state index in [2.05, 4.69) is 32.7 Å². The van der Waals surface area contributed by atoms with Crippen LogP contribution in [0.15, 0.2) is 0 Å². The van der Waals surface area contributed by atoms with Gasteiger partial charge >= 0.3 is 0 Å². The van der Waals surface area contributed by atoms with Crippen LogP contribution in [0.2, 0.25) is 0 Å². The molecule has 10 heavy (non-hydrogen) atoms. The van der Waals surface area contributed by atoms with E-state index in [9.17, 15) is 0 Å². The molecule has 0 aromatic rings. The van der Waals surface area contributed by atoms with Crippen molar-refractivity contribution in [2.24, 2.45) is 5.73 Å². The molecule has 1 atom stereocenters. The third-order valence-corrected chi connectivity index (χ3v) is 1.64. The summed E-state index contributed by atoms with van der Waals surface area (Å²) in [5.41, 5.74) is 5.83. The number of nitrogens with two attached hydrogens (primary N) is 1. The fraction of sp³-hybridized carbons (Fsp3) is 0.875. The van der Waals surface area contributed by atoms with Crippen LogP contribution in [0.4, 0.5) is 0 Å². The Morgan fingerprint density at radius 2 is 2.00 bits per heavy atom. The average Bonchev–Trinajstić information content (AvgIpc) is 1.87. The third-order valence-electron chi connectivity index (χ3n) is 1.64. The topological polar surface area (TPSA) is 29.3 Å². The Bertz CT molecular complexity index is 81.3. The van der Waals surface area contributed by atoms with Crippen molar-refractivity contribution in [3.05, 3.63) is 5.92 Å². The first-order valence-electron chi connectivity index (χ1n) is 3.85. The van der Waals surface area contributed by atoms with Gasteiger partial charge in [-0.05, 0) is 20.0 Å². The van der Waals surface area contributed by atoms with E-state index < -0.39 is 0 Å². The monoisotopic (exact) mass is 143 g/mol. The Morgan fingerprint density at radius 1 is 1.50 bits per heavy atom. The first-order valence-corrected chi connectivity index (χ1v) is 3.85. The van der Waals surface area contributed by atoms with Gasteiger partial charge < -0.3 is 10.6 Å². The van der Waals surface area contributed by atoms with Gasteiger partial charge in [0.15, 0.2) is 0 Å². The molecule has 0 spiro atoms. The molecule has 2 N–H and O–H groups in total. The molecule has 0 saturated carbocycles. The normalized spacial score (nSPS) is 14.7. The molecular weight excluding hydrogens is 124 g/mol. The second-order valence-corrected chi connectivity index (χ2v) is 3.00. The molecule has 0 bridgehead atoms. The molecule has 2 heteroatoms. The Hall–Kier alpha value is -0.0800. The molecule has 0 heterocycles. The molecular formula is C8H19N2-. The van der Waals surface area contributed by atoms with E-state index in [4.69, 9.17) is 5.73 Å². The zero-order chi connectivity index (χ0) is 8.15. The van der Waals surface area contributed by atoms with Crippen LogP contribution >= 0.6 is 0 Å². The van der Waals surface area contributed by atoms with Gasteiger partial charge in [0.05, 0.1) is 0 Å². The molecule has 0 aliphatic carbocycles. The summed E-state index contributed by atoms with van der Waals surface area (Å²) in [5, 5.41) is 0. The highest BCUT2D eigenvalue weighted by atomic mass is 15.2. The van der Waals surface area contributed by atoms with E-state index in [0.717, 1.165) is 13.0 Å². The Morgan fingerprint density at radius 3 is 2.30 bits per heavy atom. The summed E-state index contributed by atoms with van der Waals surface area (Å²) in [4.78, 5) is 2.16. The van der Waals surface area contributed by atoms with Gasteiger partial charge in [-0.3, -0.25) is 5.92 Å². The number of rotatable bonds is 4. The van der Waals surface area contributed by atoms with Gasteiger partial charge in [0.1, 0.15) is 0 Å². The second-order valence-electron chi connectivity index (χ2n) is 3.00. The lowest BCUT2D eigenvalue weighted by Crippen LogP contribution is -2.42. The zero-order valence-electron chi connectivity index (χ0n) is 7.52. The summed E-state index contributed by atoms with van der Waals surface area (Å²) in [6.45, 7) is 7.37. The maximum Gasteiger partial charge on any atom is -0.00368 e. The van der Waals surface area contributed by atoms with E-state index in [1.54, 1.807) is 0 Å². The molecule has 0 amide bonds. The molecule has 0 radical (unpaired) electrons. The molecule has 62 valence electrons. The highest BCUT2D eigenvalue weighted by Crippen LogP contribution is 2.04. The fourth-order valence-corrected chi connectivity index (χ4v) is 0.933. The summed E-state index contributed by atoms with van der Waals surface area (Å²) in [6.07, 6.45) is 1.30. The first kappa shape index (κ1) is 9.92. The predicted octanol–water partition coefficient (Wildman–Crippen LogP) is 1.23. The van der Waals surface area contributed by atoms with Crippen LogP contribution in [0.5, 0.6) is 0 Å². The van der Waals surface area contributed by atoms with E-state index in [0.29, 0.717) is 0 Å². The highest BCUT2D eigenvalue weighted by molar-refractivity contribution is 4.88. The Balaban J connectivity index is 3.58. The summed E-state index contributed by atoms with van der Waals surface area (Å²) in [6, 6.07) is 0. The number of hydrogen-bond acceptors (Lipinski definition) is 2. The van der Waals surface area contributed by atoms with Crippen LogP contribution in [0.1, 0.15) is 27.2 Å². The van der Waals surface area contributed by atoms with E-state index >= 15 is 0 Å². The van der Waals surface area contributed by atoms with Crippen molar-refractivity contribution >= 4 is 0 Å². The number of hydrogen-bond donors (Lipinski definition) is 1. The molecule has 0 aromatic carbocycles. The molecule has 0 aliphatic rings. The minimum absolute atomic E-state index is 0.139. The Labute approximate surface area is 64.4 Å². The third kappa shape index (κ3) is 3.18. The summed E-state index contributed by atoms with van der Waals surface area (Å²) in [5.74, 6) is 1.27. The summed E-state index contributed by atoms with van der Waals surface area (Å²) in [7, 11) is 2.06. The van der Waals surface area contributed by atoms with Crippen molar-refractivity contribution in [3.63, 3.8) is 0 Å². The lowest BCUT2D eigenvalue weighted by Gasteiger charge is -2.36. The lowest BCUT2D eigenvalue weighted by molar-refractivity contribution is 0.257. The van der Waals surface area contributed by atoms with Gasteiger partial charge in [0.25, 0.3) is 0 Å². The standard InChI is InChI=1S/C8H19N2/c1-5-6-10(4)8(9)7(2)3/h8H,5-6,9H2,1-4H3/q-1. The van der Waals surface area contributed by atoms with Crippen molar-refractivity contribution < 1.29 is 0 Å². The minimum atomic E-state index is 0.139. The lowest BCUT2D eigenvalue weighted by atomic mass is 10.1. The predicted molar refractivity (Wildman–Crippen MR) is 45.5 cm³/mol. The summed E-state index contributed by atoms with van der Waals surface area (Å²) >= 11 is 0. The van der Waals surface area contributed by atoms with Crippen LogP contribution in [0.25, 0.3) is 0 Å². The average molecular weight is 143 g/mol. The quantitative estimate of drug-likeness (QED) is 0.473. The molecule has 0 aliphatic heterocycles. The van der Waals surface area contributed by atoms with Gasteiger partial charge in [-0.1, -0.05) is 13.1 Å². The van der Waals surface area contributed by atoms with Crippen LogP contribution in [0, 0.1) is 5.92 Å². The summed E-state index contributed by atoms with van der Waals surface area (Å²) < 4.78 is 0. The number of nitrogens with zero attached hydrogens (tertiary/aromatic N) is 1. The smallest absolute Gasteiger partial charge is 0.00368 e. The van der Waals surface area contributed by atoms with Crippen LogP contribution in [0.3, 0.4) is 0 Å². The van der Waals surface area contributed by atoms with Crippen molar-refractivity contribution in [2.45, 2.75) is 33.4 Å². The van der Waals surface area contributed by atoms with Gasteiger partial charge in [0.2, 0.25) is 0 Å². The molecule has 0 rings (SSSR count). The Kier molecular flexibility index (Phi) is 4.65. The molecule has 0 saturated heterocycles. The van der Waals surface area contributed by atoms with Crippen molar-refractivity contribution in [1.29, 1.82) is 0 Å². The van der Waals surface area contributed by atoms with Gasteiger partial charge in [-0.15, -0.1) is 0 Å². The largest absolute Gasteiger partial charge is 0.343 e. The van der Waals surface area contributed by atoms with Crippen LogP contribution in [-0.4, -0.2) is 24.7 Å². The SMILES string of the molecule is CCCN(C)C(N)[C-](C)C. The van der Waals surface area contributed by atoms with Crippen molar-refractivity contribution in [2.75, 3.05) is 13.6 Å². The van der Waals surface area contributed by atoms with Crippen LogP contribution < -0.4 is 5.73 Å². The second kappa shape index (κ2) is 4.69. The van der Waals surface area contributed by atoms with Gasteiger partial charge in [-0.25, -0.2) is 0 Å². The van der Waals surface area contributed by atoms with E-state index in [1.807, 2.05) is 0 Å². The van der Waals surface area contributed by atoms with Crippen LogP contribution in [-0.2, 0) is 0 Å². The first-order chi connectivity index (χ1) is 4.59. The fourth-order valence-electron chi connectivity index (χ4n) is 0.933. The minimum Gasteiger partial charge on any atom is -0.343 e. The highest BCUT2D eigenvalue weighted by Gasteiger charge is 2.01. The molecule has 1 unspecified atom stereocenters. The van der Waals surface area contributed by atoms with Gasteiger partial charge in [0, 0.05) is 0 Å². The van der Waals surface area contributed by atoms with E-state index in [1.165, 1.54) is 5.92 Å². The zero-order valence-corrected chi connectivity index (χ0v) is 7.52. The van der Waals surface area contributed by atoms with Gasteiger partial charge in [-0.2, -0.15) is 13.8 Å². The van der Waals surface area contributed by atoms with Crippen molar-refractivity contribution in [1.82, 2.24) is 4.90 Å². The molecule has 0 fully saturated rings. The molecule has 2 nitrogen and oxygen atoms in total.